The second-order valence-electron chi connectivity index (χ2n) is 4.65. The first-order valence-corrected chi connectivity index (χ1v) is 6.16. The van der Waals surface area contributed by atoms with Gasteiger partial charge in [0.1, 0.15) is 0 Å². The molecule has 0 saturated carbocycles. The van der Waals surface area contributed by atoms with Crippen molar-refractivity contribution in [3.8, 4) is 0 Å². The second kappa shape index (κ2) is 6.94. The van der Waals surface area contributed by atoms with Crippen LogP contribution in [0.2, 0.25) is 0 Å². The Balaban J connectivity index is 0.00000144. The van der Waals surface area contributed by atoms with Crippen LogP contribution in [-0.2, 0) is 0 Å². The predicted octanol–water partition coefficient (Wildman–Crippen LogP) is 2.24. The Morgan fingerprint density at radius 1 is 1.41 bits per heavy atom. The average Bonchev–Trinajstić information content (AvgIpc) is 2.39. The third kappa shape index (κ3) is 3.66. The van der Waals surface area contributed by atoms with Gasteiger partial charge in [-0.1, -0.05) is 6.07 Å². The highest BCUT2D eigenvalue weighted by atomic mass is 35.5. The van der Waals surface area contributed by atoms with Gasteiger partial charge in [-0.3, -0.25) is 9.88 Å². The molecule has 0 radical (unpaired) electrons. The number of nitrogens with zero attached hydrogens (tertiary/aromatic N) is 2. The molecule has 0 bridgehead atoms. The molecule has 1 fully saturated rings. The number of halogens is 1. The van der Waals surface area contributed by atoms with Gasteiger partial charge in [0.15, 0.2) is 0 Å². The molecule has 1 atom stereocenters. The van der Waals surface area contributed by atoms with Gasteiger partial charge in [-0.15, -0.1) is 12.4 Å². The largest absolute Gasteiger partial charge is 0.330 e. The summed E-state index contributed by atoms with van der Waals surface area (Å²) in [6.07, 6.45) is 4.33. The SMILES string of the molecule is CC(c1ccccn1)N1CCC(CN)CC1.Cl. The Kier molecular flexibility index (Phi) is 5.89. The summed E-state index contributed by atoms with van der Waals surface area (Å²) in [4.78, 5) is 6.94. The zero-order chi connectivity index (χ0) is 11.4. The first-order valence-electron chi connectivity index (χ1n) is 6.16. The smallest absolute Gasteiger partial charge is 0.0572 e. The van der Waals surface area contributed by atoms with Crippen molar-refractivity contribution in [3.63, 3.8) is 0 Å². The van der Waals surface area contributed by atoms with Crippen molar-refractivity contribution in [3.05, 3.63) is 30.1 Å². The molecule has 17 heavy (non-hydrogen) atoms. The van der Waals surface area contributed by atoms with Gasteiger partial charge in [0, 0.05) is 12.2 Å². The molecule has 1 aliphatic heterocycles. The van der Waals surface area contributed by atoms with E-state index in [1.54, 1.807) is 0 Å². The molecular weight excluding hydrogens is 234 g/mol. The maximum Gasteiger partial charge on any atom is 0.0572 e. The van der Waals surface area contributed by atoms with E-state index in [-0.39, 0.29) is 12.4 Å². The molecule has 0 amide bonds. The number of piperidine rings is 1. The number of pyridine rings is 1. The minimum Gasteiger partial charge on any atom is -0.330 e. The molecule has 0 aromatic carbocycles. The summed E-state index contributed by atoms with van der Waals surface area (Å²) in [7, 11) is 0. The highest BCUT2D eigenvalue weighted by molar-refractivity contribution is 5.85. The van der Waals surface area contributed by atoms with Crippen LogP contribution < -0.4 is 5.73 Å². The molecule has 1 aromatic heterocycles. The van der Waals surface area contributed by atoms with Gasteiger partial charge in [0.05, 0.1) is 5.69 Å². The summed E-state index contributed by atoms with van der Waals surface area (Å²) < 4.78 is 0. The van der Waals surface area contributed by atoms with Gasteiger partial charge in [0.25, 0.3) is 0 Å². The topological polar surface area (TPSA) is 42.2 Å². The lowest BCUT2D eigenvalue weighted by Gasteiger charge is -2.35. The van der Waals surface area contributed by atoms with E-state index in [4.69, 9.17) is 5.73 Å². The van der Waals surface area contributed by atoms with Crippen LogP contribution in [0.15, 0.2) is 24.4 Å². The van der Waals surface area contributed by atoms with Crippen molar-refractivity contribution < 1.29 is 0 Å². The first-order chi connectivity index (χ1) is 7.81. The fraction of sp³-hybridized carbons (Fsp3) is 0.615. The Labute approximate surface area is 110 Å². The van der Waals surface area contributed by atoms with Crippen LogP contribution in [0.25, 0.3) is 0 Å². The maximum absolute atomic E-state index is 5.71. The molecule has 2 N–H and O–H groups in total. The van der Waals surface area contributed by atoms with Crippen LogP contribution >= 0.6 is 12.4 Å². The second-order valence-corrected chi connectivity index (χ2v) is 4.65. The summed E-state index contributed by atoms with van der Waals surface area (Å²) in [5, 5.41) is 0. The maximum atomic E-state index is 5.71. The first kappa shape index (κ1) is 14.4. The Bertz CT molecular complexity index is 310. The molecular formula is C13H22ClN3. The van der Waals surface area contributed by atoms with Gasteiger partial charge in [-0.25, -0.2) is 0 Å². The summed E-state index contributed by atoms with van der Waals surface area (Å²) >= 11 is 0. The average molecular weight is 256 g/mol. The third-order valence-electron chi connectivity index (χ3n) is 3.65. The van der Waals surface area contributed by atoms with E-state index in [0.717, 1.165) is 25.6 Å². The van der Waals surface area contributed by atoms with E-state index in [0.29, 0.717) is 6.04 Å². The van der Waals surface area contributed by atoms with Crippen molar-refractivity contribution in [2.45, 2.75) is 25.8 Å². The van der Waals surface area contributed by atoms with E-state index in [1.807, 2.05) is 12.3 Å². The molecule has 0 spiro atoms. The Hall–Kier alpha value is -0.640. The Morgan fingerprint density at radius 2 is 2.12 bits per heavy atom. The quantitative estimate of drug-likeness (QED) is 0.901. The molecule has 96 valence electrons. The summed E-state index contributed by atoms with van der Waals surface area (Å²) in [6.45, 7) is 5.39. The van der Waals surface area contributed by atoms with E-state index >= 15 is 0 Å². The minimum atomic E-state index is 0. The van der Waals surface area contributed by atoms with Crippen molar-refractivity contribution >= 4 is 12.4 Å². The van der Waals surface area contributed by atoms with E-state index in [1.165, 1.54) is 18.5 Å². The lowest BCUT2D eigenvalue weighted by molar-refractivity contribution is 0.141. The summed E-state index contributed by atoms with van der Waals surface area (Å²) in [5.41, 5.74) is 6.88. The number of nitrogens with two attached hydrogens (primary N) is 1. The number of likely N-dealkylation sites (tertiary alicyclic amines) is 1. The van der Waals surface area contributed by atoms with Gasteiger partial charge >= 0.3 is 0 Å². The van der Waals surface area contributed by atoms with Gasteiger partial charge < -0.3 is 5.73 Å². The molecule has 2 heterocycles. The van der Waals surface area contributed by atoms with Gasteiger partial charge in [0.2, 0.25) is 0 Å². The number of rotatable bonds is 3. The minimum absolute atomic E-state index is 0. The Morgan fingerprint density at radius 3 is 2.65 bits per heavy atom. The molecule has 4 heteroatoms. The fourth-order valence-electron chi connectivity index (χ4n) is 2.39. The zero-order valence-corrected chi connectivity index (χ0v) is 11.2. The lowest BCUT2D eigenvalue weighted by Crippen LogP contribution is -2.37. The number of hydrogen-bond donors (Lipinski definition) is 1. The van der Waals surface area contributed by atoms with Crippen LogP contribution in [0, 0.1) is 5.92 Å². The van der Waals surface area contributed by atoms with Crippen molar-refractivity contribution in [2.75, 3.05) is 19.6 Å². The lowest BCUT2D eigenvalue weighted by atomic mass is 9.95. The van der Waals surface area contributed by atoms with Gasteiger partial charge in [-0.05, 0) is 57.5 Å². The normalized spacial score (nSPS) is 19.6. The number of aromatic nitrogens is 1. The van der Waals surface area contributed by atoms with E-state index in [2.05, 4.69) is 28.9 Å². The monoisotopic (exact) mass is 255 g/mol. The van der Waals surface area contributed by atoms with Crippen LogP contribution in [-0.4, -0.2) is 29.5 Å². The van der Waals surface area contributed by atoms with Crippen molar-refractivity contribution in [2.24, 2.45) is 11.7 Å². The van der Waals surface area contributed by atoms with Crippen molar-refractivity contribution in [1.29, 1.82) is 0 Å². The molecule has 1 saturated heterocycles. The van der Waals surface area contributed by atoms with Crippen LogP contribution in [0.3, 0.4) is 0 Å². The molecule has 3 nitrogen and oxygen atoms in total. The third-order valence-corrected chi connectivity index (χ3v) is 3.65. The summed E-state index contributed by atoms with van der Waals surface area (Å²) in [6, 6.07) is 6.57. The fourth-order valence-corrected chi connectivity index (χ4v) is 2.39. The van der Waals surface area contributed by atoms with Crippen LogP contribution in [0.5, 0.6) is 0 Å². The van der Waals surface area contributed by atoms with Gasteiger partial charge in [-0.2, -0.15) is 0 Å². The highest BCUT2D eigenvalue weighted by Crippen LogP contribution is 2.24. The molecule has 1 aliphatic rings. The molecule has 1 unspecified atom stereocenters. The molecule has 1 aromatic rings. The predicted molar refractivity (Wildman–Crippen MR) is 73.3 cm³/mol. The van der Waals surface area contributed by atoms with Crippen LogP contribution in [0.4, 0.5) is 0 Å². The summed E-state index contributed by atoms with van der Waals surface area (Å²) in [5.74, 6) is 0.729. The molecule has 0 aliphatic carbocycles. The van der Waals surface area contributed by atoms with Crippen molar-refractivity contribution in [1.82, 2.24) is 9.88 Å². The molecule has 2 rings (SSSR count). The standard InChI is InChI=1S/C13H21N3.ClH/c1-11(13-4-2-3-7-15-13)16-8-5-12(10-14)6-9-16;/h2-4,7,11-12H,5-6,8-10,14H2,1H3;1H. The number of hydrogen-bond acceptors (Lipinski definition) is 3. The highest BCUT2D eigenvalue weighted by Gasteiger charge is 2.22. The van der Waals surface area contributed by atoms with Crippen LogP contribution in [0.1, 0.15) is 31.5 Å². The zero-order valence-electron chi connectivity index (χ0n) is 10.4. The van der Waals surface area contributed by atoms with E-state index in [9.17, 15) is 0 Å². The van der Waals surface area contributed by atoms with E-state index < -0.39 is 0 Å².